The fourth-order valence-electron chi connectivity index (χ4n) is 0.850. The van der Waals surface area contributed by atoms with Crippen LogP contribution < -0.4 is 4.74 Å². The van der Waals surface area contributed by atoms with Crippen LogP contribution in [0.15, 0.2) is 18.3 Å². The van der Waals surface area contributed by atoms with E-state index in [-0.39, 0.29) is 6.54 Å². The first-order valence-corrected chi connectivity index (χ1v) is 3.33. The van der Waals surface area contributed by atoms with Crippen molar-refractivity contribution in [1.29, 1.82) is 0 Å². The number of nitro groups is 1. The molecule has 0 aliphatic carbocycles. The number of hydrogen-bond acceptors (Lipinski definition) is 4. The molecule has 0 N–H and O–H groups in total. The minimum Gasteiger partial charge on any atom is -0.495 e. The van der Waals surface area contributed by atoms with Gasteiger partial charge in [-0.1, -0.05) is 0 Å². The number of hydrogen-bond donors (Lipinski definition) is 0. The molecule has 0 fully saturated rings. The molecule has 0 unspecified atom stereocenters. The second-order valence-electron chi connectivity index (χ2n) is 2.14. The lowest BCUT2D eigenvalue weighted by atomic mass is 10.3. The highest BCUT2D eigenvalue weighted by Gasteiger charge is 2.08. The molecule has 1 rings (SSSR count). The van der Waals surface area contributed by atoms with Gasteiger partial charge in [-0.05, 0) is 12.1 Å². The summed E-state index contributed by atoms with van der Waals surface area (Å²) in [6, 6.07) is 3.31. The van der Waals surface area contributed by atoms with Gasteiger partial charge in [-0.3, -0.25) is 15.1 Å². The molecule has 1 heterocycles. The van der Waals surface area contributed by atoms with Crippen molar-refractivity contribution in [3.63, 3.8) is 0 Å². The van der Waals surface area contributed by atoms with E-state index in [2.05, 4.69) is 4.98 Å². The molecule has 0 saturated heterocycles. The molecule has 1 aromatic rings. The Morgan fingerprint density at radius 3 is 3.08 bits per heavy atom. The number of aromatic nitrogens is 1. The van der Waals surface area contributed by atoms with Gasteiger partial charge < -0.3 is 4.74 Å². The van der Waals surface area contributed by atoms with Gasteiger partial charge in [0.1, 0.15) is 5.75 Å². The SMILES string of the molecule is COc1cccnc1C[N+](=O)[O-]. The molecule has 5 nitrogen and oxygen atoms in total. The average Bonchev–Trinajstić information content (AvgIpc) is 2.04. The van der Waals surface area contributed by atoms with Gasteiger partial charge in [-0.15, -0.1) is 0 Å². The van der Waals surface area contributed by atoms with Crippen molar-refractivity contribution in [3.05, 3.63) is 34.1 Å². The molecule has 0 saturated carbocycles. The highest BCUT2D eigenvalue weighted by molar-refractivity contribution is 5.25. The third kappa shape index (κ3) is 1.91. The molecule has 0 spiro atoms. The van der Waals surface area contributed by atoms with E-state index in [0.717, 1.165) is 0 Å². The molecule has 5 heteroatoms. The number of methoxy groups -OCH3 is 1. The molecule has 64 valence electrons. The summed E-state index contributed by atoms with van der Waals surface area (Å²) in [4.78, 5) is 13.5. The number of pyridine rings is 1. The Balaban J connectivity index is 2.89. The van der Waals surface area contributed by atoms with Crippen LogP contribution in [0.5, 0.6) is 5.75 Å². The van der Waals surface area contributed by atoms with Gasteiger partial charge in [0, 0.05) is 11.1 Å². The zero-order chi connectivity index (χ0) is 8.97. The number of ether oxygens (including phenoxy) is 1. The van der Waals surface area contributed by atoms with Crippen LogP contribution in [0.2, 0.25) is 0 Å². The maximum Gasteiger partial charge on any atom is 0.249 e. The summed E-state index contributed by atoms with van der Waals surface area (Å²) in [7, 11) is 1.46. The smallest absolute Gasteiger partial charge is 0.249 e. The summed E-state index contributed by atoms with van der Waals surface area (Å²) in [5, 5.41) is 10.1. The Morgan fingerprint density at radius 1 is 1.75 bits per heavy atom. The van der Waals surface area contributed by atoms with Crippen molar-refractivity contribution in [2.24, 2.45) is 0 Å². The molecule has 0 bridgehead atoms. The standard InChI is InChI=1S/C7H8N2O3/c1-12-7-3-2-4-8-6(7)5-9(10)11/h2-4H,5H2,1H3. The predicted octanol–water partition coefficient (Wildman–Crippen LogP) is 0.867. The van der Waals surface area contributed by atoms with Gasteiger partial charge in [-0.2, -0.15) is 0 Å². The van der Waals surface area contributed by atoms with Crippen LogP contribution in [0.25, 0.3) is 0 Å². The normalized spacial score (nSPS) is 9.42. The van der Waals surface area contributed by atoms with E-state index < -0.39 is 4.92 Å². The molecular formula is C7H8N2O3. The lowest BCUT2D eigenvalue weighted by molar-refractivity contribution is -0.497. The van der Waals surface area contributed by atoms with Crippen LogP contribution in [-0.4, -0.2) is 17.0 Å². The summed E-state index contributed by atoms with van der Waals surface area (Å²) in [5.41, 5.74) is 0.352. The Morgan fingerprint density at radius 2 is 2.50 bits per heavy atom. The Kier molecular flexibility index (Phi) is 2.57. The number of rotatable bonds is 3. The van der Waals surface area contributed by atoms with Gasteiger partial charge in [0.2, 0.25) is 6.54 Å². The van der Waals surface area contributed by atoms with Crippen molar-refractivity contribution in [1.82, 2.24) is 4.98 Å². The topological polar surface area (TPSA) is 65.3 Å². The second-order valence-corrected chi connectivity index (χ2v) is 2.14. The molecule has 0 atom stereocenters. The summed E-state index contributed by atoms with van der Waals surface area (Å²) < 4.78 is 4.88. The largest absolute Gasteiger partial charge is 0.495 e. The quantitative estimate of drug-likeness (QED) is 0.496. The average molecular weight is 168 g/mol. The zero-order valence-electron chi connectivity index (χ0n) is 6.56. The third-order valence-corrected chi connectivity index (χ3v) is 1.35. The molecule has 0 aromatic carbocycles. The lowest BCUT2D eigenvalue weighted by Gasteiger charge is -2.01. The van der Waals surface area contributed by atoms with Gasteiger partial charge in [-0.25, -0.2) is 0 Å². The molecule has 0 aliphatic heterocycles. The van der Waals surface area contributed by atoms with Crippen LogP contribution in [0.4, 0.5) is 0 Å². The monoisotopic (exact) mass is 168 g/mol. The fraction of sp³-hybridized carbons (Fsp3) is 0.286. The summed E-state index contributed by atoms with van der Waals surface area (Å²) in [5.74, 6) is 0.453. The van der Waals surface area contributed by atoms with Crippen molar-refractivity contribution < 1.29 is 9.66 Å². The van der Waals surface area contributed by atoms with Crippen LogP contribution in [0, 0.1) is 10.1 Å². The predicted molar refractivity (Wildman–Crippen MR) is 41.5 cm³/mol. The molecular weight excluding hydrogens is 160 g/mol. The highest BCUT2D eigenvalue weighted by atomic mass is 16.6. The lowest BCUT2D eigenvalue weighted by Crippen LogP contribution is -2.02. The molecule has 0 amide bonds. The van der Waals surface area contributed by atoms with Crippen LogP contribution in [0.3, 0.4) is 0 Å². The molecule has 12 heavy (non-hydrogen) atoms. The van der Waals surface area contributed by atoms with Crippen molar-refractivity contribution >= 4 is 0 Å². The van der Waals surface area contributed by atoms with Crippen LogP contribution in [0.1, 0.15) is 5.69 Å². The summed E-state index contributed by atoms with van der Waals surface area (Å²) in [6.45, 7) is -0.302. The number of nitrogens with zero attached hydrogens (tertiary/aromatic N) is 2. The van der Waals surface area contributed by atoms with Crippen molar-refractivity contribution in [3.8, 4) is 5.75 Å². The second kappa shape index (κ2) is 3.66. The first-order valence-electron chi connectivity index (χ1n) is 3.33. The fourth-order valence-corrected chi connectivity index (χ4v) is 0.850. The van der Waals surface area contributed by atoms with Crippen molar-refractivity contribution in [2.75, 3.05) is 7.11 Å². The van der Waals surface area contributed by atoms with E-state index in [1.165, 1.54) is 13.3 Å². The van der Waals surface area contributed by atoms with E-state index in [0.29, 0.717) is 11.4 Å². The first-order chi connectivity index (χ1) is 5.74. The summed E-state index contributed by atoms with van der Waals surface area (Å²) >= 11 is 0. The van der Waals surface area contributed by atoms with Gasteiger partial charge in [0.25, 0.3) is 0 Å². The van der Waals surface area contributed by atoms with Crippen LogP contribution >= 0.6 is 0 Å². The van der Waals surface area contributed by atoms with Crippen molar-refractivity contribution in [2.45, 2.75) is 6.54 Å². The molecule has 0 radical (unpaired) electrons. The van der Waals surface area contributed by atoms with E-state index >= 15 is 0 Å². The van der Waals surface area contributed by atoms with E-state index in [9.17, 15) is 10.1 Å². The summed E-state index contributed by atoms with van der Waals surface area (Å²) in [6.07, 6.45) is 1.50. The molecule has 1 aromatic heterocycles. The Bertz CT molecular complexity index is 288. The van der Waals surface area contributed by atoms with Gasteiger partial charge in [0.05, 0.1) is 7.11 Å². The highest BCUT2D eigenvalue weighted by Crippen LogP contribution is 2.14. The molecule has 0 aliphatic rings. The minimum atomic E-state index is -0.440. The maximum absolute atomic E-state index is 10.1. The van der Waals surface area contributed by atoms with E-state index in [4.69, 9.17) is 4.74 Å². The van der Waals surface area contributed by atoms with Gasteiger partial charge >= 0.3 is 0 Å². The third-order valence-electron chi connectivity index (χ3n) is 1.35. The maximum atomic E-state index is 10.1. The van der Waals surface area contributed by atoms with Crippen LogP contribution in [-0.2, 0) is 6.54 Å². The first kappa shape index (κ1) is 8.45. The zero-order valence-corrected chi connectivity index (χ0v) is 6.56. The van der Waals surface area contributed by atoms with E-state index in [1.807, 2.05) is 0 Å². The van der Waals surface area contributed by atoms with Gasteiger partial charge in [0.15, 0.2) is 5.69 Å². The van der Waals surface area contributed by atoms with E-state index in [1.54, 1.807) is 12.1 Å². The Hall–Kier alpha value is -1.65. The Labute approximate surface area is 69.1 Å². The minimum absolute atomic E-state index is 0.302.